The third kappa shape index (κ3) is 11.1. The van der Waals surface area contributed by atoms with Gasteiger partial charge in [-0.05, 0) is 38.5 Å². The van der Waals surface area contributed by atoms with Crippen molar-refractivity contribution >= 4 is 12.0 Å². The van der Waals surface area contributed by atoms with Gasteiger partial charge in [0, 0.05) is 6.42 Å². The molecule has 0 aromatic rings. The highest BCUT2D eigenvalue weighted by Gasteiger charge is 1.97. The summed E-state index contributed by atoms with van der Waals surface area (Å²) in [6, 6.07) is 0. The van der Waals surface area contributed by atoms with Crippen LogP contribution in [0.1, 0.15) is 52.9 Å². The number of aldehydes is 1. The Kier molecular flexibility index (Phi) is 9.13. The minimum absolute atomic E-state index is 0.630. The molecule has 0 atom stereocenters. The minimum atomic E-state index is 0.630. The van der Waals surface area contributed by atoms with Crippen LogP contribution in [-0.2, 0) is 9.63 Å². The van der Waals surface area contributed by atoms with Gasteiger partial charge in [0.05, 0.1) is 5.71 Å². The van der Waals surface area contributed by atoms with Gasteiger partial charge in [-0.25, -0.2) is 0 Å². The fourth-order valence-corrected chi connectivity index (χ4v) is 1.35. The summed E-state index contributed by atoms with van der Waals surface area (Å²) in [4.78, 5) is 15.2. The zero-order chi connectivity index (χ0) is 11.5. The number of carbonyl (C=O) groups excluding carboxylic acids is 1. The molecule has 0 aliphatic carbocycles. The Balaban J connectivity index is 3.32. The molecular weight excluding hydrogens is 190 g/mol. The first-order valence-corrected chi connectivity index (χ1v) is 5.76. The summed E-state index contributed by atoms with van der Waals surface area (Å²) in [6.07, 6.45) is 5.60. The molecule has 0 bridgehead atoms. The van der Waals surface area contributed by atoms with E-state index in [4.69, 9.17) is 4.84 Å². The quantitative estimate of drug-likeness (QED) is 0.255. The molecule has 0 spiro atoms. The molecule has 0 radical (unpaired) electrons. The number of unbranched alkanes of at least 4 members (excludes halogenated alkanes) is 3. The molecular formula is C12H23NO2. The van der Waals surface area contributed by atoms with Gasteiger partial charge in [-0.3, -0.25) is 0 Å². The Labute approximate surface area is 92.9 Å². The van der Waals surface area contributed by atoms with Crippen LogP contribution in [0.25, 0.3) is 0 Å². The maximum atomic E-state index is 10.0. The van der Waals surface area contributed by atoms with Crippen LogP contribution in [0.4, 0.5) is 0 Å². The molecule has 3 heteroatoms. The Morgan fingerprint density at radius 3 is 2.67 bits per heavy atom. The van der Waals surface area contributed by atoms with E-state index in [-0.39, 0.29) is 0 Å². The molecule has 3 nitrogen and oxygen atoms in total. The lowest BCUT2D eigenvalue weighted by molar-refractivity contribution is -0.107. The van der Waals surface area contributed by atoms with Crippen LogP contribution in [0.5, 0.6) is 0 Å². The van der Waals surface area contributed by atoms with Gasteiger partial charge in [0.15, 0.2) is 0 Å². The number of rotatable bonds is 9. The van der Waals surface area contributed by atoms with E-state index in [1.165, 1.54) is 0 Å². The molecule has 0 aliphatic heterocycles. The SMILES string of the molecule is C/C(CC(C)C)=N\OCCCCCC=O. The average Bonchev–Trinajstić information content (AvgIpc) is 2.15. The van der Waals surface area contributed by atoms with Crippen LogP contribution in [0.3, 0.4) is 0 Å². The first-order chi connectivity index (χ1) is 7.16. The molecule has 0 aliphatic rings. The van der Waals surface area contributed by atoms with E-state index in [1.54, 1.807) is 0 Å². The predicted molar refractivity (Wildman–Crippen MR) is 63.0 cm³/mol. The number of hydrogen-bond acceptors (Lipinski definition) is 3. The lowest BCUT2D eigenvalue weighted by Gasteiger charge is -2.04. The molecule has 0 unspecified atom stereocenters. The van der Waals surface area contributed by atoms with Gasteiger partial charge < -0.3 is 9.63 Å². The van der Waals surface area contributed by atoms with Gasteiger partial charge in [0.2, 0.25) is 0 Å². The standard InChI is InChI=1S/C12H23NO2/c1-11(2)10-12(3)13-15-9-7-5-4-6-8-14/h8,11H,4-7,9-10H2,1-3H3/b13-12+. The molecule has 0 aromatic carbocycles. The lowest BCUT2D eigenvalue weighted by atomic mass is 10.1. The normalized spacial score (nSPS) is 11.9. The highest BCUT2D eigenvalue weighted by Crippen LogP contribution is 2.02. The van der Waals surface area contributed by atoms with Gasteiger partial charge >= 0.3 is 0 Å². The molecule has 0 heterocycles. The Morgan fingerprint density at radius 1 is 1.33 bits per heavy atom. The smallest absolute Gasteiger partial charge is 0.119 e. The van der Waals surface area contributed by atoms with Crippen molar-refractivity contribution in [2.24, 2.45) is 11.1 Å². The largest absolute Gasteiger partial charge is 0.396 e. The first kappa shape index (κ1) is 14.1. The highest BCUT2D eigenvalue weighted by atomic mass is 16.6. The fraction of sp³-hybridized carbons (Fsp3) is 0.833. The maximum absolute atomic E-state index is 10.0. The van der Waals surface area contributed by atoms with E-state index in [2.05, 4.69) is 19.0 Å². The Morgan fingerprint density at radius 2 is 2.07 bits per heavy atom. The van der Waals surface area contributed by atoms with Crippen LogP contribution in [0, 0.1) is 5.92 Å². The van der Waals surface area contributed by atoms with Crippen molar-refractivity contribution in [2.75, 3.05) is 6.61 Å². The monoisotopic (exact) mass is 213 g/mol. The van der Waals surface area contributed by atoms with Crippen LogP contribution in [-0.4, -0.2) is 18.6 Å². The van der Waals surface area contributed by atoms with Crippen molar-refractivity contribution < 1.29 is 9.63 Å². The third-order valence-corrected chi connectivity index (χ3v) is 1.98. The van der Waals surface area contributed by atoms with Crippen LogP contribution < -0.4 is 0 Å². The van der Waals surface area contributed by atoms with Gasteiger partial charge in [0.1, 0.15) is 12.9 Å². The Bertz CT molecular complexity index is 188. The molecule has 0 saturated heterocycles. The zero-order valence-corrected chi connectivity index (χ0v) is 10.2. The van der Waals surface area contributed by atoms with E-state index >= 15 is 0 Å². The van der Waals surface area contributed by atoms with Crippen molar-refractivity contribution in [3.05, 3.63) is 0 Å². The van der Waals surface area contributed by atoms with E-state index in [0.717, 1.165) is 37.7 Å². The molecule has 0 rings (SSSR count). The number of oxime groups is 1. The topological polar surface area (TPSA) is 38.7 Å². The summed E-state index contributed by atoms with van der Waals surface area (Å²) in [5, 5.41) is 4.03. The average molecular weight is 213 g/mol. The minimum Gasteiger partial charge on any atom is -0.396 e. The highest BCUT2D eigenvalue weighted by molar-refractivity contribution is 5.81. The van der Waals surface area contributed by atoms with Crippen LogP contribution >= 0.6 is 0 Å². The molecule has 88 valence electrons. The second kappa shape index (κ2) is 9.69. The van der Waals surface area contributed by atoms with Crippen molar-refractivity contribution in [3.63, 3.8) is 0 Å². The maximum Gasteiger partial charge on any atom is 0.119 e. The van der Waals surface area contributed by atoms with Crippen LogP contribution in [0.2, 0.25) is 0 Å². The molecule has 15 heavy (non-hydrogen) atoms. The fourth-order valence-electron chi connectivity index (χ4n) is 1.35. The van der Waals surface area contributed by atoms with Crippen molar-refractivity contribution in [1.29, 1.82) is 0 Å². The molecule has 0 aromatic heterocycles. The second-order valence-corrected chi connectivity index (χ2v) is 4.27. The molecule has 0 amide bonds. The summed E-state index contributed by atoms with van der Waals surface area (Å²) in [6.45, 7) is 6.98. The van der Waals surface area contributed by atoms with E-state index in [9.17, 15) is 4.79 Å². The Hall–Kier alpha value is -0.860. The van der Waals surface area contributed by atoms with Crippen molar-refractivity contribution in [3.8, 4) is 0 Å². The molecule has 0 saturated carbocycles. The number of carbonyl (C=O) groups is 1. The van der Waals surface area contributed by atoms with Gasteiger partial charge in [-0.1, -0.05) is 19.0 Å². The molecule has 0 N–H and O–H groups in total. The second-order valence-electron chi connectivity index (χ2n) is 4.27. The third-order valence-electron chi connectivity index (χ3n) is 1.98. The zero-order valence-electron chi connectivity index (χ0n) is 10.2. The summed E-state index contributed by atoms with van der Waals surface area (Å²) in [5.74, 6) is 0.630. The molecule has 0 fully saturated rings. The summed E-state index contributed by atoms with van der Waals surface area (Å²) in [7, 11) is 0. The van der Waals surface area contributed by atoms with E-state index in [1.807, 2.05) is 6.92 Å². The van der Waals surface area contributed by atoms with E-state index < -0.39 is 0 Å². The summed E-state index contributed by atoms with van der Waals surface area (Å²) >= 11 is 0. The summed E-state index contributed by atoms with van der Waals surface area (Å²) < 4.78 is 0. The predicted octanol–water partition coefficient (Wildman–Crippen LogP) is 3.18. The van der Waals surface area contributed by atoms with Gasteiger partial charge in [-0.15, -0.1) is 0 Å². The van der Waals surface area contributed by atoms with E-state index in [0.29, 0.717) is 18.9 Å². The summed E-state index contributed by atoms with van der Waals surface area (Å²) in [5.41, 5.74) is 1.05. The first-order valence-electron chi connectivity index (χ1n) is 5.76. The van der Waals surface area contributed by atoms with Crippen molar-refractivity contribution in [2.45, 2.75) is 52.9 Å². The van der Waals surface area contributed by atoms with Crippen molar-refractivity contribution in [1.82, 2.24) is 0 Å². The van der Waals surface area contributed by atoms with Crippen LogP contribution in [0.15, 0.2) is 5.16 Å². The van der Waals surface area contributed by atoms with Gasteiger partial charge in [0.25, 0.3) is 0 Å². The lowest BCUT2D eigenvalue weighted by Crippen LogP contribution is -2.00. The number of hydrogen-bond donors (Lipinski definition) is 0. The number of nitrogens with zero attached hydrogens (tertiary/aromatic N) is 1. The van der Waals surface area contributed by atoms with Gasteiger partial charge in [-0.2, -0.15) is 0 Å².